The van der Waals surface area contributed by atoms with E-state index >= 15 is 0 Å². The topological polar surface area (TPSA) is 63.6 Å². The second-order valence-corrected chi connectivity index (χ2v) is 12.1. The zero-order valence-corrected chi connectivity index (χ0v) is 26.5. The molecule has 0 heterocycles. The molecule has 0 aromatic heterocycles. The van der Waals surface area contributed by atoms with Crippen LogP contribution in [0.3, 0.4) is 0 Å². The van der Waals surface area contributed by atoms with Crippen LogP contribution in [0, 0.1) is 0 Å². The molecule has 0 aliphatic rings. The van der Waals surface area contributed by atoms with Gasteiger partial charge in [0.2, 0.25) is 0 Å². The van der Waals surface area contributed by atoms with E-state index in [9.17, 15) is 9.59 Å². The van der Waals surface area contributed by atoms with Crippen molar-refractivity contribution in [2.45, 2.75) is 213 Å². The fourth-order valence-electron chi connectivity index (χ4n) is 5.53. The predicted molar refractivity (Wildman–Crippen MR) is 167 cm³/mol. The average molecular weight is 553 g/mol. The Hall–Kier alpha value is -1.06. The Kier molecular flexibility index (Phi) is 30.6. The molecule has 0 fully saturated rings. The molecular formula is C35H68O4. The summed E-state index contributed by atoms with van der Waals surface area (Å²) in [6, 6.07) is 0. The molecule has 0 aliphatic carbocycles. The first kappa shape index (κ1) is 37.9. The Bertz CT molecular complexity index is 519. The van der Waals surface area contributed by atoms with Gasteiger partial charge in [-0.15, -0.1) is 0 Å². The number of esters is 1. The zero-order chi connectivity index (χ0) is 28.7. The van der Waals surface area contributed by atoms with E-state index in [0.29, 0.717) is 12.8 Å². The van der Waals surface area contributed by atoms with Crippen molar-refractivity contribution in [1.82, 2.24) is 0 Å². The lowest BCUT2D eigenvalue weighted by Crippen LogP contribution is -2.18. The lowest BCUT2D eigenvalue weighted by molar-refractivity contribution is -0.150. The Morgan fingerprint density at radius 3 is 1.21 bits per heavy atom. The number of hydrogen-bond donors (Lipinski definition) is 1. The molecule has 4 nitrogen and oxygen atoms in total. The highest BCUT2D eigenvalue weighted by Crippen LogP contribution is 2.17. The molecule has 1 atom stereocenters. The van der Waals surface area contributed by atoms with Crippen molar-refractivity contribution in [3.8, 4) is 0 Å². The molecule has 232 valence electrons. The van der Waals surface area contributed by atoms with Gasteiger partial charge in [0.15, 0.2) is 0 Å². The van der Waals surface area contributed by atoms with E-state index < -0.39 is 5.97 Å². The van der Waals surface area contributed by atoms with E-state index in [0.717, 1.165) is 38.5 Å². The van der Waals surface area contributed by atoms with Crippen molar-refractivity contribution in [3.63, 3.8) is 0 Å². The monoisotopic (exact) mass is 553 g/mol. The second kappa shape index (κ2) is 31.5. The van der Waals surface area contributed by atoms with E-state index in [1.165, 1.54) is 141 Å². The van der Waals surface area contributed by atoms with E-state index in [1.54, 1.807) is 0 Å². The van der Waals surface area contributed by atoms with Gasteiger partial charge in [0.25, 0.3) is 0 Å². The van der Waals surface area contributed by atoms with Crippen LogP contribution in [0.5, 0.6) is 0 Å². The highest BCUT2D eigenvalue weighted by atomic mass is 16.5. The van der Waals surface area contributed by atoms with Gasteiger partial charge in [0.1, 0.15) is 6.10 Å². The summed E-state index contributed by atoms with van der Waals surface area (Å²) in [5.41, 5.74) is 0. The molecule has 0 aromatic rings. The zero-order valence-electron chi connectivity index (χ0n) is 26.5. The highest BCUT2D eigenvalue weighted by Gasteiger charge is 2.13. The van der Waals surface area contributed by atoms with Crippen LogP contribution < -0.4 is 0 Å². The molecule has 0 radical (unpaired) electrons. The normalized spacial score (nSPS) is 12.1. The molecule has 0 aromatic carbocycles. The summed E-state index contributed by atoms with van der Waals surface area (Å²) in [7, 11) is 0. The maximum absolute atomic E-state index is 12.3. The van der Waals surface area contributed by atoms with Crippen molar-refractivity contribution in [2.24, 2.45) is 0 Å². The minimum absolute atomic E-state index is 0.0285. The third kappa shape index (κ3) is 31.3. The first-order valence-corrected chi connectivity index (χ1v) is 17.5. The summed E-state index contributed by atoms with van der Waals surface area (Å²) in [6.45, 7) is 4.46. The lowest BCUT2D eigenvalue weighted by Gasteiger charge is -2.17. The average Bonchev–Trinajstić information content (AvgIpc) is 2.91. The number of ether oxygens (including phenoxy) is 1. The number of carboxylic acids is 1. The van der Waals surface area contributed by atoms with Gasteiger partial charge in [-0.2, -0.15) is 0 Å². The number of unbranched alkanes of at least 4 members (excludes halogenated alkanes) is 23. The molecule has 0 spiro atoms. The summed E-state index contributed by atoms with van der Waals surface area (Å²) in [5, 5.41) is 8.64. The SMILES string of the molecule is CCCCCCCCCCCCCCC(=O)OC(CCC)CCCCCCCCCCCCCCCC(=O)O. The van der Waals surface area contributed by atoms with Gasteiger partial charge >= 0.3 is 11.9 Å². The third-order valence-electron chi connectivity index (χ3n) is 8.06. The van der Waals surface area contributed by atoms with Crippen LogP contribution in [0.25, 0.3) is 0 Å². The minimum Gasteiger partial charge on any atom is -0.481 e. The number of hydrogen-bond acceptors (Lipinski definition) is 3. The van der Waals surface area contributed by atoms with Gasteiger partial charge in [-0.05, 0) is 32.1 Å². The molecule has 4 heteroatoms. The second-order valence-electron chi connectivity index (χ2n) is 12.1. The fourth-order valence-corrected chi connectivity index (χ4v) is 5.53. The number of carbonyl (C=O) groups is 2. The smallest absolute Gasteiger partial charge is 0.306 e. The predicted octanol–water partition coefficient (Wildman–Crippen LogP) is 11.7. The minimum atomic E-state index is -0.667. The third-order valence-corrected chi connectivity index (χ3v) is 8.06. The molecule has 0 saturated carbocycles. The van der Waals surface area contributed by atoms with Crippen LogP contribution in [0.4, 0.5) is 0 Å². The Balaban J connectivity index is 3.52. The van der Waals surface area contributed by atoms with Crippen molar-refractivity contribution in [2.75, 3.05) is 0 Å². The van der Waals surface area contributed by atoms with Gasteiger partial charge in [-0.25, -0.2) is 0 Å². The van der Waals surface area contributed by atoms with E-state index in [4.69, 9.17) is 9.84 Å². The molecule has 0 bridgehead atoms. The van der Waals surface area contributed by atoms with Crippen LogP contribution in [0.15, 0.2) is 0 Å². The first-order chi connectivity index (χ1) is 19.1. The molecule has 39 heavy (non-hydrogen) atoms. The Labute approximate surface area is 243 Å². The molecule has 1 N–H and O–H groups in total. The van der Waals surface area contributed by atoms with Crippen LogP contribution in [-0.4, -0.2) is 23.1 Å². The van der Waals surface area contributed by atoms with Gasteiger partial charge in [-0.1, -0.05) is 162 Å². The molecule has 0 aliphatic heterocycles. The largest absolute Gasteiger partial charge is 0.481 e. The fraction of sp³-hybridized carbons (Fsp3) is 0.943. The standard InChI is InChI=1S/C35H68O4/c1-3-5-6-7-8-9-10-16-19-22-25-28-32-35(38)39-33(29-4-2)30-26-23-20-17-14-12-11-13-15-18-21-24-27-31-34(36)37/h33H,3-32H2,1-2H3,(H,36,37). The van der Waals surface area contributed by atoms with Gasteiger partial charge < -0.3 is 9.84 Å². The number of aliphatic carboxylic acids is 1. The lowest BCUT2D eigenvalue weighted by atomic mass is 10.0. The highest BCUT2D eigenvalue weighted by molar-refractivity contribution is 5.69. The summed E-state index contributed by atoms with van der Waals surface area (Å²) in [5.74, 6) is -0.639. The Morgan fingerprint density at radius 2 is 0.821 bits per heavy atom. The first-order valence-electron chi connectivity index (χ1n) is 17.5. The van der Waals surface area contributed by atoms with Gasteiger partial charge in [0.05, 0.1) is 0 Å². The maximum atomic E-state index is 12.3. The van der Waals surface area contributed by atoms with Crippen LogP contribution in [0.1, 0.15) is 206 Å². The molecule has 0 saturated heterocycles. The van der Waals surface area contributed by atoms with E-state index in [1.807, 2.05) is 0 Å². The molecule has 0 rings (SSSR count). The maximum Gasteiger partial charge on any atom is 0.306 e. The van der Waals surface area contributed by atoms with Gasteiger partial charge in [0, 0.05) is 12.8 Å². The number of carboxylic acid groups (broad SMARTS) is 1. The van der Waals surface area contributed by atoms with Crippen molar-refractivity contribution >= 4 is 11.9 Å². The summed E-state index contributed by atoms with van der Waals surface area (Å²) in [6.07, 6.45) is 36.0. The van der Waals surface area contributed by atoms with Crippen molar-refractivity contribution in [3.05, 3.63) is 0 Å². The molecule has 0 amide bonds. The number of rotatable bonds is 32. The number of carbonyl (C=O) groups excluding carboxylic acids is 1. The molecule has 1 unspecified atom stereocenters. The summed E-state index contributed by atoms with van der Waals surface area (Å²) < 4.78 is 5.85. The van der Waals surface area contributed by atoms with E-state index in [-0.39, 0.29) is 12.1 Å². The van der Waals surface area contributed by atoms with Crippen LogP contribution in [-0.2, 0) is 14.3 Å². The Morgan fingerprint density at radius 1 is 0.462 bits per heavy atom. The molecular weight excluding hydrogens is 484 g/mol. The van der Waals surface area contributed by atoms with Gasteiger partial charge in [-0.3, -0.25) is 9.59 Å². The summed E-state index contributed by atoms with van der Waals surface area (Å²) in [4.78, 5) is 22.8. The van der Waals surface area contributed by atoms with E-state index in [2.05, 4.69) is 13.8 Å². The van der Waals surface area contributed by atoms with Crippen LogP contribution in [0.2, 0.25) is 0 Å². The quantitative estimate of drug-likeness (QED) is 0.0665. The summed E-state index contributed by atoms with van der Waals surface area (Å²) >= 11 is 0. The van der Waals surface area contributed by atoms with Crippen LogP contribution >= 0.6 is 0 Å². The van der Waals surface area contributed by atoms with Crippen molar-refractivity contribution < 1.29 is 19.4 Å². The van der Waals surface area contributed by atoms with Crippen molar-refractivity contribution in [1.29, 1.82) is 0 Å².